The summed E-state index contributed by atoms with van der Waals surface area (Å²) in [4.78, 5) is 0. The molecule has 4 heteroatoms. The highest BCUT2D eigenvalue weighted by atomic mass is 35.5. The summed E-state index contributed by atoms with van der Waals surface area (Å²) >= 11 is 7.15. The number of nitrogens with zero attached hydrogens (tertiary/aromatic N) is 2. The molecule has 0 bridgehead atoms. The van der Waals surface area contributed by atoms with Crippen LogP contribution in [-0.4, -0.2) is 15.5 Å². The lowest BCUT2D eigenvalue weighted by Crippen LogP contribution is -2.05. The molecule has 66 valence electrons. The van der Waals surface area contributed by atoms with Crippen molar-refractivity contribution in [2.75, 3.05) is 5.88 Å². The van der Waals surface area contributed by atoms with Gasteiger partial charge in [-0.3, -0.25) is 0 Å². The summed E-state index contributed by atoms with van der Waals surface area (Å²) in [6.07, 6.45) is 3.75. The molecule has 12 heavy (non-hydrogen) atoms. The molecule has 2 nitrogen and oxygen atoms in total. The topological polar surface area (TPSA) is 25.8 Å². The number of rotatable bonds is 5. The molecule has 1 aromatic rings. The first-order valence-corrected chi connectivity index (χ1v) is 5.16. The highest BCUT2D eigenvalue weighted by molar-refractivity contribution is 7.03. The van der Waals surface area contributed by atoms with Gasteiger partial charge in [0.15, 0.2) is 0 Å². The Morgan fingerprint density at radius 2 is 2.58 bits per heavy atom. The number of allylic oxidation sites excluding steroid dienone is 1. The number of aromatic nitrogens is 2. The maximum Gasteiger partial charge on any atom is 0.0758 e. The van der Waals surface area contributed by atoms with Crippen molar-refractivity contribution >= 4 is 23.1 Å². The lowest BCUT2D eigenvalue weighted by molar-refractivity contribution is 0.587. The molecule has 0 radical (unpaired) electrons. The third kappa shape index (κ3) is 2.91. The molecule has 0 aliphatic rings. The molecular formula is C8H11ClN2S. The van der Waals surface area contributed by atoms with E-state index in [0.29, 0.717) is 11.8 Å². The third-order valence-corrected chi connectivity index (χ3v) is 2.61. The Bertz CT molecular complexity index is 223. The monoisotopic (exact) mass is 202 g/mol. The van der Waals surface area contributed by atoms with Crippen LogP contribution in [0.1, 0.15) is 12.1 Å². The van der Waals surface area contributed by atoms with Crippen molar-refractivity contribution in [1.82, 2.24) is 9.59 Å². The minimum atomic E-state index is 0.452. The Labute approximate surface area is 81.4 Å². The summed E-state index contributed by atoms with van der Waals surface area (Å²) in [7, 11) is 0. The first kappa shape index (κ1) is 9.68. The zero-order chi connectivity index (χ0) is 8.81. The zero-order valence-corrected chi connectivity index (χ0v) is 8.31. The Balaban J connectivity index is 2.42. The van der Waals surface area contributed by atoms with Gasteiger partial charge in [-0.2, -0.15) is 0 Å². The van der Waals surface area contributed by atoms with E-state index in [9.17, 15) is 0 Å². The van der Waals surface area contributed by atoms with Crippen molar-refractivity contribution < 1.29 is 0 Å². The van der Waals surface area contributed by atoms with Gasteiger partial charge in [0.2, 0.25) is 0 Å². The predicted molar refractivity (Wildman–Crippen MR) is 52.6 cm³/mol. The molecule has 1 aromatic heterocycles. The number of halogens is 1. The second kappa shape index (κ2) is 5.27. The van der Waals surface area contributed by atoms with Crippen molar-refractivity contribution in [3.05, 3.63) is 23.7 Å². The van der Waals surface area contributed by atoms with Crippen LogP contribution in [0.5, 0.6) is 0 Å². The van der Waals surface area contributed by atoms with Crippen LogP contribution >= 0.6 is 23.1 Å². The van der Waals surface area contributed by atoms with E-state index in [2.05, 4.69) is 16.2 Å². The van der Waals surface area contributed by atoms with Gasteiger partial charge in [0.25, 0.3) is 0 Å². The van der Waals surface area contributed by atoms with Crippen LogP contribution in [-0.2, 0) is 6.42 Å². The lowest BCUT2D eigenvalue weighted by Gasteiger charge is -2.07. The van der Waals surface area contributed by atoms with E-state index in [-0.39, 0.29) is 0 Å². The molecule has 0 aromatic carbocycles. The standard InChI is InChI=1S/C8H11ClN2S/c1-2-3-7(5-9)4-8-6-12-11-10-8/h2,6-7H,1,3-5H2. The molecule has 0 N–H and O–H groups in total. The highest BCUT2D eigenvalue weighted by Crippen LogP contribution is 2.13. The van der Waals surface area contributed by atoms with Gasteiger partial charge in [0, 0.05) is 11.3 Å². The minimum absolute atomic E-state index is 0.452. The fourth-order valence-electron chi connectivity index (χ4n) is 1.01. The highest BCUT2D eigenvalue weighted by Gasteiger charge is 2.07. The molecule has 1 rings (SSSR count). The average Bonchev–Trinajstić information content (AvgIpc) is 2.56. The van der Waals surface area contributed by atoms with Gasteiger partial charge in [0.05, 0.1) is 5.69 Å². The van der Waals surface area contributed by atoms with Crippen molar-refractivity contribution in [2.45, 2.75) is 12.8 Å². The molecule has 1 atom stereocenters. The Morgan fingerprint density at radius 3 is 3.08 bits per heavy atom. The van der Waals surface area contributed by atoms with E-state index in [4.69, 9.17) is 11.6 Å². The van der Waals surface area contributed by atoms with E-state index < -0.39 is 0 Å². The molecule has 0 saturated carbocycles. The van der Waals surface area contributed by atoms with Crippen LogP contribution in [0, 0.1) is 5.92 Å². The van der Waals surface area contributed by atoms with E-state index in [1.165, 1.54) is 11.5 Å². The van der Waals surface area contributed by atoms with E-state index in [0.717, 1.165) is 18.5 Å². The van der Waals surface area contributed by atoms with Gasteiger partial charge < -0.3 is 0 Å². The molecule has 1 unspecified atom stereocenters. The quantitative estimate of drug-likeness (QED) is 0.542. The number of hydrogen-bond donors (Lipinski definition) is 0. The first-order valence-electron chi connectivity index (χ1n) is 3.79. The Kier molecular flexibility index (Phi) is 4.25. The maximum absolute atomic E-state index is 5.77. The van der Waals surface area contributed by atoms with Crippen LogP contribution < -0.4 is 0 Å². The minimum Gasteiger partial charge on any atom is -0.143 e. The second-order valence-electron chi connectivity index (χ2n) is 2.65. The lowest BCUT2D eigenvalue weighted by atomic mass is 10.0. The SMILES string of the molecule is C=CCC(CCl)Cc1csnn1. The fourth-order valence-corrected chi connectivity index (χ4v) is 1.70. The molecule has 0 fully saturated rings. The first-order chi connectivity index (χ1) is 5.86. The predicted octanol–water partition coefficient (Wildman–Crippen LogP) is 2.51. The normalized spacial score (nSPS) is 12.8. The van der Waals surface area contributed by atoms with Gasteiger partial charge in [-0.15, -0.1) is 23.3 Å². The molecule has 0 spiro atoms. The van der Waals surface area contributed by atoms with Crippen molar-refractivity contribution in [3.8, 4) is 0 Å². The van der Waals surface area contributed by atoms with Gasteiger partial charge >= 0.3 is 0 Å². The smallest absolute Gasteiger partial charge is 0.0758 e. The number of alkyl halides is 1. The third-order valence-electron chi connectivity index (χ3n) is 1.62. The van der Waals surface area contributed by atoms with Gasteiger partial charge in [-0.05, 0) is 30.3 Å². The molecule has 0 amide bonds. The van der Waals surface area contributed by atoms with E-state index in [1.54, 1.807) is 0 Å². The zero-order valence-electron chi connectivity index (χ0n) is 6.74. The van der Waals surface area contributed by atoms with E-state index in [1.807, 2.05) is 11.5 Å². The molecule has 0 aliphatic heterocycles. The second-order valence-corrected chi connectivity index (χ2v) is 3.56. The van der Waals surface area contributed by atoms with Crippen molar-refractivity contribution in [1.29, 1.82) is 0 Å². The largest absolute Gasteiger partial charge is 0.143 e. The summed E-state index contributed by atoms with van der Waals surface area (Å²) in [6.45, 7) is 3.69. The number of hydrogen-bond acceptors (Lipinski definition) is 3. The molecule has 1 heterocycles. The van der Waals surface area contributed by atoms with Crippen LogP contribution in [0.2, 0.25) is 0 Å². The molecule has 0 saturated heterocycles. The van der Waals surface area contributed by atoms with E-state index >= 15 is 0 Å². The average molecular weight is 203 g/mol. The Hall–Kier alpha value is -0.410. The van der Waals surface area contributed by atoms with Crippen LogP contribution in [0.25, 0.3) is 0 Å². The van der Waals surface area contributed by atoms with Gasteiger partial charge in [0.1, 0.15) is 0 Å². The summed E-state index contributed by atoms with van der Waals surface area (Å²) in [5.74, 6) is 1.11. The van der Waals surface area contributed by atoms with Crippen LogP contribution in [0.3, 0.4) is 0 Å². The summed E-state index contributed by atoms with van der Waals surface area (Å²) < 4.78 is 3.79. The molecular weight excluding hydrogens is 192 g/mol. The summed E-state index contributed by atoms with van der Waals surface area (Å²) in [5, 5.41) is 5.92. The fraction of sp³-hybridized carbons (Fsp3) is 0.500. The van der Waals surface area contributed by atoms with Gasteiger partial charge in [-0.1, -0.05) is 10.6 Å². The van der Waals surface area contributed by atoms with Crippen molar-refractivity contribution in [2.24, 2.45) is 5.92 Å². The molecule has 0 aliphatic carbocycles. The van der Waals surface area contributed by atoms with Crippen LogP contribution in [0.15, 0.2) is 18.0 Å². The maximum atomic E-state index is 5.77. The van der Waals surface area contributed by atoms with Gasteiger partial charge in [-0.25, -0.2) is 0 Å². The summed E-state index contributed by atoms with van der Waals surface area (Å²) in [5.41, 5.74) is 1.03. The van der Waals surface area contributed by atoms with Crippen molar-refractivity contribution in [3.63, 3.8) is 0 Å². The van der Waals surface area contributed by atoms with Crippen LogP contribution in [0.4, 0.5) is 0 Å². The summed E-state index contributed by atoms with van der Waals surface area (Å²) in [6, 6.07) is 0. The Morgan fingerprint density at radius 1 is 1.75 bits per heavy atom.